The van der Waals surface area contributed by atoms with Crippen LogP contribution in [0.25, 0.3) is 0 Å². The van der Waals surface area contributed by atoms with Gasteiger partial charge in [-0.3, -0.25) is 9.59 Å². The number of carbonyl (C=O) groups is 3. The first-order valence-corrected chi connectivity index (χ1v) is 11.3. The van der Waals surface area contributed by atoms with Gasteiger partial charge in [0.25, 0.3) is 5.91 Å². The number of ether oxygens (including phenoxy) is 1. The van der Waals surface area contributed by atoms with Crippen LogP contribution in [0, 0.1) is 13.8 Å². The van der Waals surface area contributed by atoms with Crippen molar-refractivity contribution in [3.8, 4) is 0 Å². The minimum Gasteiger partial charge on any atom is -0.444 e. The highest BCUT2D eigenvalue weighted by Gasteiger charge is 2.34. The second kappa shape index (κ2) is 11.7. The van der Waals surface area contributed by atoms with Crippen molar-refractivity contribution in [1.29, 1.82) is 0 Å². The number of hydrogen-bond acceptors (Lipinski definition) is 5. The van der Waals surface area contributed by atoms with Crippen LogP contribution < -0.4 is 10.6 Å². The molecule has 0 aliphatic carbocycles. The summed E-state index contributed by atoms with van der Waals surface area (Å²) in [5, 5.41) is 15.1. The SMILES string of the molecule is Cc1ccc(C(C(=O)Nc2ccccc2C)N(CCO)C(=O)C(C)NC(=O)OC(C)(C)C)cc1. The molecule has 3 amide bonds. The van der Waals surface area contributed by atoms with Crippen molar-refractivity contribution in [3.63, 3.8) is 0 Å². The summed E-state index contributed by atoms with van der Waals surface area (Å²) in [5.74, 6) is -0.949. The molecule has 2 rings (SSSR count). The lowest BCUT2D eigenvalue weighted by Gasteiger charge is -2.33. The third-order valence-electron chi connectivity index (χ3n) is 5.08. The Morgan fingerprint density at radius 2 is 1.65 bits per heavy atom. The van der Waals surface area contributed by atoms with Crippen LogP contribution in [-0.2, 0) is 14.3 Å². The van der Waals surface area contributed by atoms with Crippen LogP contribution in [0.2, 0.25) is 0 Å². The maximum atomic E-state index is 13.5. The van der Waals surface area contributed by atoms with Gasteiger partial charge in [-0.2, -0.15) is 0 Å². The molecule has 8 nitrogen and oxygen atoms in total. The number of hydrogen-bond donors (Lipinski definition) is 3. The summed E-state index contributed by atoms with van der Waals surface area (Å²) in [4.78, 5) is 40.4. The molecule has 0 fully saturated rings. The number of benzene rings is 2. The van der Waals surface area contributed by atoms with Crippen LogP contribution >= 0.6 is 0 Å². The number of amides is 3. The smallest absolute Gasteiger partial charge is 0.408 e. The fraction of sp³-hybridized carbons (Fsp3) is 0.423. The van der Waals surface area contributed by atoms with E-state index >= 15 is 0 Å². The molecule has 8 heteroatoms. The number of rotatable bonds is 8. The topological polar surface area (TPSA) is 108 Å². The summed E-state index contributed by atoms with van der Waals surface area (Å²) in [5.41, 5.74) is 2.36. The molecule has 2 aromatic carbocycles. The molecule has 0 heterocycles. The van der Waals surface area contributed by atoms with E-state index in [-0.39, 0.29) is 13.2 Å². The van der Waals surface area contributed by atoms with Crippen molar-refractivity contribution in [2.45, 2.75) is 59.2 Å². The van der Waals surface area contributed by atoms with Crippen molar-refractivity contribution in [1.82, 2.24) is 10.2 Å². The van der Waals surface area contributed by atoms with Gasteiger partial charge in [0.05, 0.1) is 6.61 Å². The molecule has 0 aliphatic rings. The van der Waals surface area contributed by atoms with Crippen molar-refractivity contribution in [3.05, 3.63) is 65.2 Å². The van der Waals surface area contributed by atoms with E-state index in [1.165, 1.54) is 11.8 Å². The molecule has 0 bridgehead atoms. The summed E-state index contributed by atoms with van der Waals surface area (Å²) < 4.78 is 5.25. The largest absolute Gasteiger partial charge is 0.444 e. The fourth-order valence-corrected chi connectivity index (χ4v) is 3.40. The van der Waals surface area contributed by atoms with Gasteiger partial charge >= 0.3 is 6.09 Å². The maximum Gasteiger partial charge on any atom is 0.408 e. The predicted molar refractivity (Wildman–Crippen MR) is 131 cm³/mol. The van der Waals surface area contributed by atoms with Crippen LogP contribution in [0.15, 0.2) is 48.5 Å². The van der Waals surface area contributed by atoms with E-state index in [1.54, 1.807) is 39.0 Å². The molecule has 0 aromatic heterocycles. The Morgan fingerprint density at radius 1 is 1.03 bits per heavy atom. The van der Waals surface area contributed by atoms with Gasteiger partial charge in [0.1, 0.15) is 17.7 Å². The monoisotopic (exact) mass is 469 g/mol. The Kier molecular flexibility index (Phi) is 9.20. The lowest BCUT2D eigenvalue weighted by molar-refractivity contribution is -0.141. The van der Waals surface area contributed by atoms with Gasteiger partial charge in [-0.15, -0.1) is 0 Å². The summed E-state index contributed by atoms with van der Waals surface area (Å²) in [6.45, 7) is 10.0. The molecule has 2 aromatic rings. The number of nitrogens with one attached hydrogen (secondary N) is 2. The average molecular weight is 470 g/mol. The molecule has 0 spiro atoms. The van der Waals surface area contributed by atoms with Crippen LogP contribution in [0.5, 0.6) is 0 Å². The molecule has 0 saturated carbocycles. The Labute approximate surface area is 201 Å². The van der Waals surface area contributed by atoms with Crippen molar-refractivity contribution in [2.75, 3.05) is 18.5 Å². The third-order valence-corrected chi connectivity index (χ3v) is 5.08. The van der Waals surface area contributed by atoms with E-state index in [0.29, 0.717) is 11.3 Å². The van der Waals surface area contributed by atoms with Crippen molar-refractivity contribution < 1.29 is 24.2 Å². The predicted octanol–water partition coefficient (Wildman–Crippen LogP) is 3.72. The Morgan fingerprint density at radius 3 is 2.21 bits per heavy atom. The molecular weight excluding hydrogens is 434 g/mol. The summed E-state index contributed by atoms with van der Waals surface area (Å²) >= 11 is 0. The fourth-order valence-electron chi connectivity index (χ4n) is 3.40. The quantitative estimate of drug-likeness (QED) is 0.546. The van der Waals surface area contributed by atoms with E-state index in [1.807, 2.05) is 44.2 Å². The van der Waals surface area contributed by atoms with E-state index in [2.05, 4.69) is 10.6 Å². The summed E-state index contributed by atoms with van der Waals surface area (Å²) in [6.07, 6.45) is -0.742. The molecule has 0 saturated heterocycles. The van der Waals surface area contributed by atoms with Crippen LogP contribution in [0.1, 0.15) is 50.4 Å². The van der Waals surface area contributed by atoms with E-state index < -0.39 is 35.6 Å². The first-order valence-electron chi connectivity index (χ1n) is 11.3. The van der Waals surface area contributed by atoms with Crippen LogP contribution in [-0.4, -0.2) is 52.7 Å². The number of para-hydroxylation sites is 1. The number of alkyl carbamates (subject to hydrolysis) is 1. The molecule has 34 heavy (non-hydrogen) atoms. The van der Waals surface area contributed by atoms with E-state index in [0.717, 1.165) is 11.1 Å². The average Bonchev–Trinajstić information content (AvgIpc) is 2.74. The van der Waals surface area contributed by atoms with Crippen LogP contribution in [0.4, 0.5) is 10.5 Å². The van der Waals surface area contributed by atoms with Gasteiger partial charge in [-0.1, -0.05) is 48.0 Å². The first kappa shape index (κ1) is 26.9. The van der Waals surface area contributed by atoms with Gasteiger partial charge in [0.15, 0.2) is 0 Å². The van der Waals surface area contributed by atoms with Gasteiger partial charge in [-0.05, 0) is 58.7 Å². The highest BCUT2D eigenvalue weighted by molar-refractivity contribution is 5.99. The van der Waals surface area contributed by atoms with E-state index in [9.17, 15) is 19.5 Å². The van der Waals surface area contributed by atoms with Gasteiger partial charge in [0, 0.05) is 12.2 Å². The normalized spacial score (nSPS) is 12.9. The van der Waals surface area contributed by atoms with E-state index in [4.69, 9.17) is 4.74 Å². The Bertz CT molecular complexity index is 998. The van der Waals surface area contributed by atoms with Crippen molar-refractivity contribution in [2.24, 2.45) is 0 Å². The lowest BCUT2D eigenvalue weighted by Crippen LogP contribution is -2.52. The Hall–Kier alpha value is -3.39. The lowest BCUT2D eigenvalue weighted by atomic mass is 10.0. The number of aliphatic hydroxyl groups excluding tert-OH is 1. The van der Waals surface area contributed by atoms with Crippen LogP contribution in [0.3, 0.4) is 0 Å². The molecule has 0 radical (unpaired) electrons. The van der Waals surface area contributed by atoms with Gasteiger partial charge in [0.2, 0.25) is 5.91 Å². The zero-order valence-electron chi connectivity index (χ0n) is 20.7. The van der Waals surface area contributed by atoms with Gasteiger partial charge < -0.3 is 25.4 Å². The van der Waals surface area contributed by atoms with Gasteiger partial charge in [-0.25, -0.2) is 4.79 Å². The number of anilines is 1. The number of aryl methyl sites for hydroxylation is 2. The third kappa shape index (κ3) is 7.59. The Balaban J connectivity index is 2.38. The zero-order chi connectivity index (χ0) is 25.5. The minimum atomic E-state index is -1.03. The number of carbonyl (C=O) groups excluding carboxylic acids is 3. The first-order chi connectivity index (χ1) is 15.9. The molecule has 184 valence electrons. The highest BCUT2D eigenvalue weighted by Crippen LogP contribution is 2.25. The molecule has 2 atom stereocenters. The second-order valence-electron chi connectivity index (χ2n) is 9.24. The summed E-state index contributed by atoms with van der Waals surface area (Å²) in [7, 11) is 0. The number of nitrogens with zero attached hydrogens (tertiary/aromatic N) is 1. The highest BCUT2D eigenvalue weighted by atomic mass is 16.6. The standard InChI is InChI=1S/C26H35N3O5/c1-17-11-13-20(14-12-17)22(23(31)28-21-10-8-7-9-18(21)2)29(15-16-30)24(32)19(3)27-25(33)34-26(4,5)6/h7-14,19,22,30H,15-16H2,1-6H3,(H,27,33)(H,28,31). The summed E-state index contributed by atoms with van der Waals surface area (Å²) in [6, 6.07) is 12.6. The minimum absolute atomic E-state index is 0.0983. The maximum absolute atomic E-state index is 13.5. The molecular formula is C26H35N3O5. The van der Waals surface area contributed by atoms with Crippen molar-refractivity contribution >= 4 is 23.6 Å². The molecule has 2 unspecified atom stereocenters. The zero-order valence-corrected chi connectivity index (χ0v) is 20.7. The molecule has 3 N–H and O–H groups in total. The number of aliphatic hydroxyl groups is 1. The molecule has 0 aliphatic heterocycles. The second-order valence-corrected chi connectivity index (χ2v) is 9.24.